The average molecular weight is 277 g/mol. The van der Waals surface area contributed by atoms with Gasteiger partial charge in [0.25, 0.3) is 0 Å². The first-order valence-corrected chi connectivity index (χ1v) is 7.24. The van der Waals surface area contributed by atoms with Gasteiger partial charge in [-0.3, -0.25) is 4.79 Å². The van der Waals surface area contributed by atoms with Gasteiger partial charge < -0.3 is 4.98 Å². The smallest absolute Gasteiger partial charge is 0.234 e. The van der Waals surface area contributed by atoms with E-state index in [9.17, 15) is 4.79 Å². The summed E-state index contributed by atoms with van der Waals surface area (Å²) in [6.07, 6.45) is 0. The van der Waals surface area contributed by atoms with E-state index in [2.05, 4.69) is 11.1 Å². The molecule has 0 aliphatic heterocycles. The number of hydrogen-bond donors (Lipinski definition) is 1. The largest absolute Gasteiger partial charge is 0.346 e. The molecular weight excluding hydrogens is 266 g/mol. The van der Waals surface area contributed by atoms with Crippen LogP contribution < -0.4 is 4.74 Å². The minimum absolute atomic E-state index is 0.0721. The first-order valence-electron chi connectivity index (χ1n) is 6.43. The molecule has 2 nitrogen and oxygen atoms in total. The fraction of sp³-hybridized carbons (Fsp3) is 0. The molecule has 0 saturated heterocycles. The summed E-state index contributed by atoms with van der Waals surface area (Å²) in [6, 6.07) is 20.0. The number of aromatic nitrogens is 1. The lowest BCUT2D eigenvalue weighted by Crippen LogP contribution is -1.93. The van der Waals surface area contributed by atoms with Crippen LogP contribution in [-0.2, 0) is 0 Å². The van der Waals surface area contributed by atoms with E-state index >= 15 is 0 Å². The SMILES string of the molecule is O=c1cc(-c2ccccc2)c2c([nH]c3ccccc32)s1. The summed E-state index contributed by atoms with van der Waals surface area (Å²) in [7, 11) is 0. The summed E-state index contributed by atoms with van der Waals surface area (Å²) in [5.41, 5.74) is 3.15. The van der Waals surface area contributed by atoms with E-state index in [-0.39, 0.29) is 4.74 Å². The maximum Gasteiger partial charge on any atom is 0.234 e. The molecule has 4 aromatic rings. The Kier molecular flexibility index (Phi) is 2.47. The topological polar surface area (TPSA) is 32.9 Å². The molecule has 0 radical (unpaired) electrons. The Labute approximate surface area is 119 Å². The molecule has 2 aromatic carbocycles. The second-order valence-corrected chi connectivity index (χ2v) is 5.73. The van der Waals surface area contributed by atoms with Gasteiger partial charge in [0.1, 0.15) is 4.83 Å². The van der Waals surface area contributed by atoms with Crippen LogP contribution in [0.15, 0.2) is 65.5 Å². The van der Waals surface area contributed by atoms with Crippen LogP contribution in [0, 0.1) is 0 Å². The van der Waals surface area contributed by atoms with Gasteiger partial charge >= 0.3 is 0 Å². The van der Waals surface area contributed by atoms with Gasteiger partial charge in [0.2, 0.25) is 4.74 Å². The van der Waals surface area contributed by atoms with Crippen molar-refractivity contribution in [2.45, 2.75) is 0 Å². The van der Waals surface area contributed by atoms with Crippen LogP contribution in [0.2, 0.25) is 0 Å². The lowest BCUT2D eigenvalue weighted by molar-refractivity contribution is 1.58. The summed E-state index contributed by atoms with van der Waals surface area (Å²) in [5, 5.41) is 2.30. The normalized spacial score (nSPS) is 11.2. The van der Waals surface area contributed by atoms with Gasteiger partial charge in [-0.15, -0.1) is 0 Å². The Morgan fingerprint density at radius 1 is 0.900 bits per heavy atom. The van der Waals surface area contributed by atoms with Crippen molar-refractivity contribution in [2.75, 3.05) is 0 Å². The lowest BCUT2D eigenvalue weighted by Gasteiger charge is -2.03. The van der Waals surface area contributed by atoms with E-state index in [1.165, 1.54) is 11.3 Å². The summed E-state index contributed by atoms with van der Waals surface area (Å²) in [5.74, 6) is 0. The minimum Gasteiger partial charge on any atom is -0.346 e. The monoisotopic (exact) mass is 277 g/mol. The molecule has 0 atom stereocenters. The van der Waals surface area contributed by atoms with Gasteiger partial charge in [-0.2, -0.15) is 0 Å². The number of para-hydroxylation sites is 1. The van der Waals surface area contributed by atoms with Crippen molar-refractivity contribution < 1.29 is 0 Å². The molecule has 2 aromatic heterocycles. The molecule has 20 heavy (non-hydrogen) atoms. The van der Waals surface area contributed by atoms with Crippen molar-refractivity contribution in [3.05, 3.63) is 70.2 Å². The highest BCUT2D eigenvalue weighted by Gasteiger charge is 2.11. The number of hydrogen-bond acceptors (Lipinski definition) is 2. The third-order valence-corrected chi connectivity index (χ3v) is 4.32. The number of nitrogens with one attached hydrogen (secondary N) is 1. The van der Waals surface area contributed by atoms with E-state index < -0.39 is 0 Å². The van der Waals surface area contributed by atoms with Crippen LogP contribution in [0.5, 0.6) is 0 Å². The molecule has 0 fully saturated rings. The fourth-order valence-electron chi connectivity index (χ4n) is 2.63. The molecule has 2 heterocycles. The van der Waals surface area contributed by atoms with Crippen LogP contribution in [0.3, 0.4) is 0 Å². The number of benzene rings is 2. The molecule has 0 aliphatic rings. The first kappa shape index (κ1) is 11.4. The molecule has 0 amide bonds. The Hall–Kier alpha value is -2.39. The predicted octanol–water partition coefficient (Wildman–Crippen LogP) is 4.41. The van der Waals surface area contributed by atoms with E-state index in [4.69, 9.17) is 0 Å². The summed E-state index contributed by atoms with van der Waals surface area (Å²) in [6.45, 7) is 0. The van der Waals surface area contributed by atoms with Gasteiger partial charge in [0.05, 0.1) is 0 Å². The summed E-state index contributed by atoms with van der Waals surface area (Å²) >= 11 is 1.27. The second kappa shape index (κ2) is 4.32. The van der Waals surface area contributed by atoms with Crippen LogP contribution in [0.1, 0.15) is 0 Å². The number of H-pyrrole nitrogens is 1. The van der Waals surface area contributed by atoms with Gasteiger partial charge in [-0.1, -0.05) is 59.9 Å². The van der Waals surface area contributed by atoms with E-state index in [0.717, 1.165) is 32.2 Å². The fourth-order valence-corrected chi connectivity index (χ4v) is 3.49. The minimum atomic E-state index is 0.0721. The molecule has 4 rings (SSSR count). The van der Waals surface area contributed by atoms with Crippen LogP contribution in [-0.4, -0.2) is 4.98 Å². The Morgan fingerprint density at radius 3 is 2.50 bits per heavy atom. The highest BCUT2D eigenvalue weighted by atomic mass is 32.1. The van der Waals surface area contributed by atoms with Crippen molar-refractivity contribution in [3.8, 4) is 11.1 Å². The summed E-state index contributed by atoms with van der Waals surface area (Å²) < 4.78 is 0.0721. The Bertz CT molecular complexity index is 967. The second-order valence-electron chi connectivity index (χ2n) is 4.72. The third-order valence-electron chi connectivity index (χ3n) is 3.49. The number of fused-ring (bicyclic) bond motifs is 3. The predicted molar refractivity (Wildman–Crippen MR) is 85.4 cm³/mol. The molecule has 3 heteroatoms. The highest BCUT2D eigenvalue weighted by Crippen LogP contribution is 2.34. The van der Waals surface area contributed by atoms with Crippen molar-refractivity contribution in [2.24, 2.45) is 0 Å². The van der Waals surface area contributed by atoms with Gasteiger partial charge in [0.15, 0.2) is 0 Å². The maximum atomic E-state index is 12.0. The lowest BCUT2D eigenvalue weighted by atomic mass is 10.0. The maximum absolute atomic E-state index is 12.0. The highest BCUT2D eigenvalue weighted by molar-refractivity contribution is 7.16. The van der Waals surface area contributed by atoms with Crippen molar-refractivity contribution in [3.63, 3.8) is 0 Å². The molecule has 0 bridgehead atoms. The Balaban J connectivity index is 2.22. The average Bonchev–Trinajstić information content (AvgIpc) is 2.85. The molecule has 0 aliphatic carbocycles. The third kappa shape index (κ3) is 1.67. The molecule has 0 spiro atoms. The van der Waals surface area contributed by atoms with Crippen molar-refractivity contribution in [1.82, 2.24) is 4.98 Å². The first-order chi connectivity index (χ1) is 9.83. The molecule has 0 saturated carbocycles. The Morgan fingerprint density at radius 2 is 1.65 bits per heavy atom. The zero-order valence-corrected chi connectivity index (χ0v) is 11.4. The molecule has 0 unspecified atom stereocenters. The summed E-state index contributed by atoms with van der Waals surface area (Å²) in [4.78, 5) is 16.2. The van der Waals surface area contributed by atoms with Gasteiger partial charge in [0, 0.05) is 22.4 Å². The van der Waals surface area contributed by atoms with Crippen molar-refractivity contribution >= 4 is 32.5 Å². The quantitative estimate of drug-likeness (QED) is 0.549. The van der Waals surface area contributed by atoms with E-state index in [1.54, 1.807) is 6.07 Å². The van der Waals surface area contributed by atoms with Crippen LogP contribution in [0.25, 0.3) is 32.2 Å². The van der Waals surface area contributed by atoms with Gasteiger partial charge in [-0.05, 0) is 17.2 Å². The molecule has 1 N–H and O–H groups in total. The van der Waals surface area contributed by atoms with E-state index in [0.29, 0.717) is 0 Å². The van der Waals surface area contributed by atoms with Crippen molar-refractivity contribution in [1.29, 1.82) is 0 Å². The van der Waals surface area contributed by atoms with Crippen LogP contribution in [0.4, 0.5) is 0 Å². The standard InChI is InChI=1S/C17H11NOS/c19-15-10-13(11-6-2-1-3-7-11)16-12-8-4-5-9-14(12)18-17(16)20-15/h1-10,18H. The van der Waals surface area contributed by atoms with Crippen LogP contribution >= 0.6 is 11.3 Å². The van der Waals surface area contributed by atoms with E-state index in [1.807, 2.05) is 48.5 Å². The van der Waals surface area contributed by atoms with Gasteiger partial charge in [-0.25, -0.2) is 0 Å². The number of aromatic amines is 1. The molecule has 96 valence electrons. The zero-order chi connectivity index (χ0) is 13.5. The number of rotatable bonds is 1. The molecular formula is C17H11NOS. The zero-order valence-electron chi connectivity index (χ0n) is 10.6.